The topological polar surface area (TPSA) is 42.0 Å². The molecule has 3 nitrogen and oxygen atoms in total. The fourth-order valence-corrected chi connectivity index (χ4v) is 2.59. The Labute approximate surface area is 105 Å². The van der Waals surface area contributed by atoms with Gasteiger partial charge in [-0.2, -0.15) is 0 Å². The highest BCUT2D eigenvalue weighted by Gasteiger charge is 2.18. The van der Waals surface area contributed by atoms with Crippen molar-refractivity contribution in [3.8, 4) is 0 Å². The third-order valence-electron chi connectivity index (χ3n) is 2.35. The number of nitrogens with zero attached hydrogens (tertiary/aromatic N) is 1. The van der Waals surface area contributed by atoms with Crippen molar-refractivity contribution in [2.45, 2.75) is 33.1 Å². The maximum atomic E-state index is 11.0. The van der Waals surface area contributed by atoms with E-state index in [1.54, 1.807) is 11.3 Å². The molecule has 1 aromatic heterocycles. The van der Waals surface area contributed by atoms with Crippen molar-refractivity contribution in [2.24, 2.45) is 0 Å². The molecule has 0 saturated carbocycles. The number of rotatable bonds is 1. The maximum Gasteiger partial charge on any atom is 0.221 e. The van der Waals surface area contributed by atoms with Crippen LogP contribution in [0, 0.1) is 0 Å². The Morgan fingerprint density at radius 2 is 2.06 bits per heavy atom. The fraction of sp³-hybridized carbons (Fsp3) is 0.385. The lowest BCUT2D eigenvalue weighted by Gasteiger charge is -2.13. The first-order valence-corrected chi connectivity index (χ1v) is 6.36. The lowest BCUT2D eigenvalue weighted by atomic mass is 9.98. The van der Waals surface area contributed by atoms with Gasteiger partial charge in [-0.05, 0) is 18.2 Å². The summed E-state index contributed by atoms with van der Waals surface area (Å²) in [6.45, 7) is 7.97. The molecule has 17 heavy (non-hydrogen) atoms. The minimum atomic E-state index is -0.0510. The second-order valence-corrected chi connectivity index (χ2v) is 6.16. The van der Waals surface area contributed by atoms with E-state index in [-0.39, 0.29) is 11.3 Å². The monoisotopic (exact) mass is 248 g/mol. The van der Waals surface area contributed by atoms with Crippen molar-refractivity contribution in [3.05, 3.63) is 23.2 Å². The number of anilines is 1. The van der Waals surface area contributed by atoms with Crippen molar-refractivity contribution in [1.29, 1.82) is 0 Å². The molecule has 0 radical (unpaired) electrons. The molecule has 0 unspecified atom stereocenters. The van der Waals surface area contributed by atoms with Gasteiger partial charge in [0.2, 0.25) is 5.91 Å². The van der Waals surface area contributed by atoms with Crippen LogP contribution in [-0.2, 0) is 10.2 Å². The Morgan fingerprint density at radius 3 is 2.65 bits per heavy atom. The SMILES string of the molecule is CC(=O)Nc1ccc2nc(C(C)(C)C)sc2c1. The molecular formula is C13H16N2OS. The molecular weight excluding hydrogens is 232 g/mol. The summed E-state index contributed by atoms with van der Waals surface area (Å²) in [5, 5.41) is 3.90. The maximum absolute atomic E-state index is 11.0. The predicted octanol–water partition coefficient (Wildman–Crippen LogP) is 3.55. The van der Waals surface area contributed by atoms with Gasteiger partial charge in [-0.3, -0.25) is 4.79 Å². The van der Waals surface area contributed by atoms with E-state index in [4.69, 9.17) is 0 Å². The van der Waals surface area contributed by atoms with Crippen molar-refractivity contribution >= 4 is 33.1 Å². The lowest BCUT2D eigenvalue weighted by Crippen LogP contribution is -2.09. The summed E-state index contributed by atoms with van der Waals surface area (Å²) < 4.78 is 1.11. The Kier molecular flexibility index (Phi) is 2.91. The largest absolute Gasteiger partial charge is 0.326 e. The molecule has 0 aliphatic carbocycles. The summed E-state index contributed by atoms with van der Waals surface area (Å²) in [6, 6.07) is 5.81. The van der Waals surface area contributed by atoms with Gasteiger partial charge < -0.3 is 5.32 Å². The summed E-state index contributed by atoms with van der Waals surface area (Å²) in [5.74, 6) is -0.0510. The van der Waals surface area contributed by atoms with Gasteiger partial charge >= 0.3 is 0 Å². The molecule has 1 N–H and O–H groups in total. The molecule has 0 fully saturated rings. The Bertz CT molecular complexity index is 566. The molecule has 0 aliphatic rings. The van der Waals surface area contributed by atoms with Crippen LogP contribution >= 0.6 is 11.3 Å². The van der Waals surface area contributed by atoms with Gasteiger partial charge in [0.1, 0.15) is 0 Å². The second kappa shape index (κ2) is 4.11. The minimum Gasteiger partial charge on any atom is -0.326 e. The summed E-state index contributed by atoms with van der Waals surface area (Å²) in [5.41, 5.74) is 1.89. The number of hydrogen-bond acceptors (Lipinski definition) is 3. The van der Waals surface area contributed by atoms with Gasteiger partial charge in [-0.15, -0.1) is 11.3 Å². The average Bonchev–Trinajstić information content (AvgIpc) is 2.58. The van der Waals surface area contributed by atoms with Crippen LogP contribution in [0.1, 0.15) is 32.7 Å². The van der Waals surface area contributed by atoms with Crippen LogP contribution in [0.25, 0.3) is 10.2 Å². The van der Waals surface area contributed by atoms with Crippen molar-refractivity contribution < 1.29 is 4.79 Å². The smallest absolute Gasteiger partial charge is 0.221 e. The molecule has 2 aromatic rings. The quantitative estimate of drug-likeness (QED) is 0.838. The van der Waals surface area contributed by atoms with Gasteiger partial charge in [0.05, 0.1) is 15.2 Å². The van der Waals surface area contributed by atoms with Gasteiger partial charge in [0, 0.05) is 18.0 Å². The summed E-state index contributed by atoms with van der Waals surface area (Å²) in [6.07, 6.45) is 0. The molecule has 0 aliphatic heterocycles. The zero-order chi connectivity index (χ0) is 12.6. The molecule has 4 heteroatoms. The lowest BCUT2D eigenvalue weighted by molar-refractivity contribution is -0.114. The molecule has 2 rings (SSSR count). The third kappa shape index (κ3) is 2.64. The van der Waals surface area contributed by atoms with E-state index in [2.05, 4.69) is 31.1 Å². The number of amides is 1. The van der Waals surface area contributed by atoms with Gasteiger partial charge in [-0.1, -0.05) is 20.8 Å². The van der Waals surface area contributed by atoms with Gasteiger partial charge in [0.15, 0.2) is 0 Å². The molecule has 0 bridgehead atoms. The summed E-state index contributed by atoms with van der Waals surface area (Å²) in [4.78, 5) is 15.6. The Morgan fingerprint density at radius 1 is 1.35 bits per heavy atom. The van der Waals surface area contributed by atoms with Gasteiger partial charge in [0.25, 0.3) is 0 Å². The van der Waals surface area contributed by atoms with Gasteiger partial charge in [-0.25, -0.2) is 4.98 Å². The minimum absolute atomic E-state index is 0.0510. The molecule has 1 amide bonds. The number of aromatic nitrogens is 1. The first-order chi connectivity index (χ1) is 7.86. The zero-order valence-electron chi connectivity index (χ0n) is 10.5. The Balaban J connectivity index is 2.44. The summed E-state index contributed by atoms with van der Waals surface area (Å²) >= 11 is 1.68. The van der Waals surface area contributed by atoms with Crippen molar-refractivity contribution in [1.82, 2.24) is 4.98 Å². The molecule has 0 saturated heterocycles. The number of hydrogen-bond donors (Lipinski definition) is 1. The van der Waals surface area contributed by atoms with Crippen LogP contribution in [0.15, 0.2) is 18.2 Å². The van der Waals surface area contributed by atoms with Crippen LogP contribution in [0.2, 0.25) is 0 Å². The predicted molar refractivity (Wildman–Crippen MR) is 72.6 cm³/mol. The van der Waals surface area contributed by atoms with E-state index in [0.29, 0.717) is 0 Å². The number of thiazole rings is 1. The van der Waals surface area contributed by atoms with Crippen LogP contribution in [0.4, 0.5) is 5.69 Å². The highest BCUT2D eigenvalue weighted by Crippen LogP contribution is 2.32. The highest BCUT2D eigenvalue weighted by molar-refractivity contribution is 7.18. The first kappa shape index (κ1) is 12.0. The van der Waals surface area contributed by atoms with E-state index >= 15 is 0 Å². The molecule has 0 atom stereocenters. The van der Waals surface area contributed by atoms with E-state index in [0.717, 1.165) is 20.9 Å². The third-order valence-corrected chi connectivity index (χ3v) is 3.79. The number of benzene rings is 1. The zero-order valence-corrected chi connectivity index (χ0v) is 11.3. The van der Waals surface area contributed by atoms with Crippen molar-refractivity contribution in [2.75, 3.05) is 5.32 Å². The molecule has 0 spiro atoms. The standard InChI is InChI=1S/C13H16N2OS/c1-8(16)14-9-5-6-10-11(7-9)17-12(15-10)13(2,3)4/h5-7H,1-4H3,(H,14,16). The molecule has 90 valence electrons. The molecule has 1 aromatic carbocycles. The Hall–Kier alpha value is -1.42. The highest BCUT2D eigenvalue weighted by atomic mass is 32.1. The number of carbonyl (C=O) groups excluding carboxylic acids is 1. The average molecular weight is 248 g/mol. The normalized spacial score (nSPS) is 11.8. The van der Waals surface area contributed by atoms with Crippen LogP contribution in [0.3, 0.4) is 0 Å². The van der Waals surface area contributed by atoms with Crippen molar-refractivity contribution in [3.63, 3.8) is 0 Å². The van der Waals surface area contributed by atoms with Crippen LogP contribution in [0.5, 0.6) is 0 Å². The van der Waals surface area contributed by atoms with E-state index in [1.807, 2.05) is 18.2 Å². The van der Waals surface area contributed by atoms with Crippen LogP contribution in [-0.4, -0.2) is 10.9 Å². The van der Waals surface area contributed by atoms with E-state index in [1.165, 1.54) is 6.92 Å². The number of fused-ring (bicyclic) bond motifs is 1. The second-order valence-electron chi connectivity index (χ2n) is 5.13. The number of nitrogens with one attached hydrogen (secondary N) is 1. The number of carbonyl (C=O) groups is 1. The fourth-order valence-electron chi connectivity index (χ4n) is 1.53. The summed E-state index contributed by atoms with van der Waals surface area (Å²) in [7, 11) is 0. The molecule has 1 heterocycles. The van der Waals surface area contributed by atoms with E-state index in [9.17, 15) is 4.79 Å². The van der Waals surface area contributed by atoms with Crippen LogP contribution < -0.4 is 5.32 Å². The first-order valence-electron chi connectivity index (χ1n) is 5.55. The van der Waals surface area contributed by atoms with E-state index < -0.39 is 0 Å².